The largest absolute Gasteiger partial charge is 0.383 e. The second-order valence-electron chi connectivity index (χ2n) is 20.7. The van der Waals surface area contributed by atoms with Crippen LogP contribution in [0.1, 0.15) is 297 Å². The molecule has 0 aromatic carbocycles. The summed E-state index contributed by atoms with van der Waals surface area (Å²) in [5.74, 6) is -2.53. The molecule has 1 saturated heterocycles. The molecule has 5 atom stereocenters. The number of carbonyl (C=O) groups is 3. The summed E-state index contributed by atoms with van der Waals surface area (Å²) in [6.45, 7) is 6.70. The van der Waals surface area contributed by atoms with E-state index in [1.165, 1.54) is 166 Å². The van der Waals surface area contributed by atoms with Gasteiger partial charge in [-0.05, 0) is 25.3 Å². The van der Waals surface area contributed by atoms with Gasteiger partial charge in [0.25, 0.3) is 0 Å². The first-order valence-corrected chi connectivity index (χ1v) is 28.7. The molecule has 1 aromatic heterocycles. The number of rotatable bonds is 47. The van der Waals surface area contributed by atoms with Gasteiger partial charge in [-0.1, -0.05) is 252 Å². The zero-order valence-electron chi connectivity index (χ0n) is 43.9. The lowest BCUT2D eigenvalue weighted by Gasteiger charge is -2.39. The topological polar surface area (TPSA) is 182 Å². The van der Waals surface area contributed by atoms with Crippen molar-refractivity contribution in [2.45, 2.75) is 320 Å². The maximum atomic E-state index is 14.5. The second-order valence-corrected chi connectivity index (χ2v) is 20.7. The number of hydrogen-bond acceptors (Lipinski definition) is 10. The van der Waals surface area contributed by atoms with Gasteiger partial charge in [0.05, 0.1) is 0 Å². The number of aliphatic hydroxyl groups is 3. The van der Waals surface area contributed by atoms with E-state index in [-0.39, 0.29) is 25.1 Å². The van der Waals surface area contributed by atoms with Crippen LogP contribution in [0.5, 0.6) is 0 Å². The molecule has 5 N–H and O–H groups in total. The number of nitrogens with two attached hydrogens (primary N) is 1. The number of hydrogen-bond donors (Lipinski definition) is 4. The van der Waals surface area contributed by atoms with Crippen LogP contribution in [0.2, 0.25) is 0 Å². The molecule has 68 heavy (non-hydrogen) atoms. The Morgan fingerprint density at radius 2 is 0.824 bits per heavy atom. The first-order chi connectivity index (χ1) is 33.0. The monoisotopic (exact) mass is 958 g/mol. The number of unbranched alkanes of at least 4 members (excludes halogenated alkanes) is 36. The van der Waals surface area contributed by atoms with E-state index in [2.05, 4.69) is 25.8 Å². The highest BCUT2D eigenvalue weighted by Crippen LogP contribution is 2.49. The van der Waals surface area contributed by atoms with Gasteiger partial charge in [0.15, 0.2) is 29.2 Å². The van der Waals surface area contributed by atoms with Crippen molar-refractivity contribution in [2.75, 3.05) is 5.73 Å². The molecule has 1 aliphatic rings. The number of anilines is 1. The van der Waals surface area contributed by atoms with Crippen LogP contribution in [0, 0.1) is 0 Å². The average Bonchev–Trinajstić information content (AvgIpc) is 3.57. The molecule has 0 bridgehead atoms. The number of aromatic nitrogens is 2. The smallest absolute Gasteiger partial charge is 0.351 e. The van der Waals surface area contributed by atoms with Crippen molar-refractivity contribution in [3.63, 3.8) is 0 Å². The molecule has 0 amide bonds. The SMILES string of the molecule is CCCCCCCCCCCCCCCC(=O)C(O)[C@H]1O[C@@H](n2ccc(N)nc2=O)[C@@](O)(C(=O)CCCCCCCCCCCCCCC)[C@@]1(O)C(=O)CCCCCCCCCCCCCCC. The Bertz CT molecular complexity index is 1520. The maximum absolute atomic E-state index is 14.5. The molecule has 0 aliphatic carbocycles. The fourth-order valence-corrected chi connectivity index (χ4v) is 10.3. The van der Waals surface area contributed by atoms with E-state index in [1.54, 1.807) is 0 Å². The van der Waals surface area contributed by atoms with Crippen molar-refractivity contribution in [3.8, 4) is 0 Å². The summed E-state index contributed by atoms with van der Waals surface area (Å²) >= 11 is 0. The molecule has 1 aliphatic heterocycles. The van der Waals surface area contributed by atoms with Crippen LogP contribution in [-0.2, 0) is 19.1 Å². The van der Waals surface area contributed by atoms with Gasteiger partial charge in [-0.3, -0.25) is 19.0 Å². The van der Waals surface area contributed by atoms with E-state index in [9.17, 15) is 34.5 Å². The van der Waals surface area contributed by atoms with Crippen LogP contribution in [-0.4, -0.2) is 65.6 Å². The molecular weight excluding hydrogens is 855 g/mol. The van der Waals surface area contributed by atoms with E-state index >= 15 is 0 Å². The predicted molar refractivity (Wildman–Crippen MR) is 279 cm³/mol. The zero-order valence-corrected chi connectivity index (χ0v) is 43.9. The lowest BCUT2D eigenvalue weighted by molar-refractivity contribution is -0.187. The van der Waals surface area contributed by atoms with E-state index in [4.69, 9.17) is 10.5 Å². The minimum absolute atomic E-state index is 0.0265. The second kappa shape index (κ2) is 38.2. The van der Waals surface area contributed by atoms with Crippen LogP contribution in [0.3, 0.4) is 0 Å². The highest BCUT2D eigenvalue weighted by molar-refractivity contribution is 6.01. The van der Waals surface area contributed by atoms with Gasteiger partial charge in [0.2, 0.25) is 5.60 Å². The Hall–Kier alpha value is -2.47. The van der Waals surface area contributed by atoms with Crippen LogP contribution in [0.4, 0.5) is 5.82 Å². The molecule has 0 spiro atoms. The van der Waals surface area contributed by atoms with Gasteiger partial charge in [0, 0.05) is 25.5 Å². The van der Waals surface area contributed by atoms with Crippen molar-refractivity contribution in [1.82, 2.24) is 9.55 Å². The molecule has 11 heteroatoms. The fraction of sp³-hybridized carbons (Fsp3) is 0.877. The third kappa shape index (κ3) is 22.7. The molecule has 2 rings (SSSR count). The highest BCUT2D eigenvalue weighted by atomic mass is 16.6. The predicted octanol–water partition coefficient (Wildman–Crippen LogP) is 13.7. The summed E-state index contributed by atoms with van der Waals surface area (Å²) in [6, 6.07) is 1.29. The van der Waals surface area contributed by atoms with Gasteiger partial charge >= 0.3 is 5.69 Å². The summed E-state index contributed by atoms with van der Waals surface area (Å²) in [7, 11) is 0. The summed E-state index contributed by atoms with van der Waals surface area (Å²) in [5.41, 5.74) is -1.18. The number of ether oxygens (including phenoxy) is 1. The number of Topliss-reactive ketones (excluding diaryl/α,β-unsaturated/α-hetero) is 3. The minimum atomic E-state index is -3.02. The maximum Gasteiger partial charge on any atom is 0.351 e. The minimum Gasteiger partial charge on any atom is -0.383 e. The molecule has 0 saturated carbocycles. The zero-order chi connectivity index (χ0) is 49.7. The van der Waals surface area contributed by atoms with Gasteiger partial charge in [-0.2, -0.15) is 4.98 Å². The number of carbonyl (C=O) groups excluding carboxylic acids is 3. The van der Waals surface area contributed by atoms with Crippen molar-refractivity contribution >= 4 is 23.2 Å². The molecule has 0 radical (unpaired) electrons. The molecule has 394 valence electrons. The highest BCUT2D eigenvalue weighted by Gasteiger charge is 2.74. The van der Waals surface area contributed by atoms with Gasteiger partial charge in [-0.15, -0.1) is 0 Å². The molecule has 11 nitrogen and oxygen atoms in total. The third-order valence-corrected chi connectivity index (χ3v) is 14.7. The first-order valence-electron chi connectivity index (χ1n) is 28.7. The summed E-state index contributed by atoms with van der Waals surface area (Å²) < 4.78 is 6.99. The number of ketones is 3. The van der Waals surface area contributed by atoms with E-state index < -0.39 is 52.7 Å². The Morgan fingerprint density at radius 1 is 0.529 bits per heavy atom. The van der Waals surface area contributed by atoms with Gasteiger partial charge in [-0.25, -0.2) is 4.79 Å². The Balaban J connectivity index is 2.14. The molecule has 2 heterocycles. The Morgan fingerprint density at radius 3 is 1.15 bits per heavy atom. The van der Waals surface area contributed by atoms with Crippen LogP contribution >= 0.6 is 0 Å². The fourth-order valence-electron chi connectivity index (χ4n) is 10.3. The van der Waals surface area contributed by atoms with Gasteiger partial charge < -0.3 is 25.8 Å². The van der Waals surface area contributed by atoms with Crippen LogP contribution in [0.25, 0.3) is 0 Å². The van der Waals surface area contributed by atoms with E-state index in [1.807, 2.05) is 0 Å². The summed E-state index contributed by atoms with van der Waals surface area (Å²) in [5, 5.41) is 37.3. The number of nitrogens with zero attached hydrogens (tertiary/aromatic N) is 2. The third-order valence-electron chi connectivity index (χ3n) is 14.7. The van der Waals surface area contributed by atoms with Crippen LogP contribution in [0.15, 0.2) is 17.1 Å². The van der Waals surface area contributed by atoms with Crippen molar-refractivity contribution in [2.24, 2.45) is 0 Å². The lowest BCUT2D eigenvalue weighted by atomic mass is 9.70. The van der Waals surface area contributed by atoms with Crippen molar-refractivity contribution < 1.29 is 34.4 Å². The Labute approximate surface area is 414 Å². The average molecular weight is 958 g/mol. The van der Waals surface area contributed by atoms with Crippen LogP contribution < -0.4 is 11.4 Å². The van der Waals surface area contributed by atoms with Gasteiger partial charge in [0.1, 0.15) is 18.0 Å². The summed E-state index contributed by atoms with van der Waals surface area (Å²) in [4.78, 5) is 59.9. The number of nitrogen functional groups attached to an aromatic ring is 1. The summed E-state index contributed by atoms with van der Waals surface area (Å²) in [6.07, 6.45) is 37.9. The lowest BCUT2D eigenvalue weighted by Crippen LogP contribution is -2.69. The number of aliphatic hydroxyl groups excluding tert-OH is 1. The standard InChI is InChI=1S/C57H103N3O8/c1-4-7-10-13-16-19-22-25-28-31-34-37-40-43-48(61)52(64)53-56(66,49(62)44-41-38-35-32-29-26-23-20-17-14-11-8-5-2)57(67,54(68-53)60-47-46-51(58)59-55(60)65)50(63)45-42-39-36-33-30-27-24-21-18-15-12-9-6-3/h46-47,52-54,64,66-67H,4-45H2,1-3H3,(H2,58,59,65)/t52?,53-,54-,56-,57+/m1/s1. The van der Waals surface area contributed by atoms with Crippen molar-refractivity contribution in [1.29, 1.82) is 0 Å². The molecule has 1 unspecified atom stereocenters. The molecule has 1 fully saturated rings. The first kappa shape index (κ1) is 61.6. The van der Waals surface area contributed by atoms with E-state index in [0.29, 0.717) is 32.1 Å². The molecular formula is C57H103N3O8. The quantitative estimate of drug-likeness (QED) is 0.0459. The normalized spacial score (nSPS) is 19.7. The van der Waals surface area contributed by atoms with E-state index in [0.717, 1.165) is 68.8 Å². The van der Waals surface area contributed by atoms with Crippen molar-refractivity contribution in [3.05, 3.63) is 22.7 Å². The Kier molecular flexibility index (Phi) is 34.7. The molecule has 1 aromatic rings.